The fraction of sp³-hybridized carbons (Fsp3) is 1.00. The summed E-state index contributed by atoms with van der Waals surface area (Å²) in [5, 5.41) is 0. The van der Waals surface area contributed by atoms with Gasteiger partial charge in [-0.3, -0.25) is 0 Å². The zero-order valence-electron chi connectivity index (χ0n) is 7.10. The van der Waals surface area contributed by atoms with Crippen molar-refractivity contribution < 1.29 is 8.78 Å². The molecule has 0 aliphatic rings. The van der Waals surface area contributed by atoms with Crippen LogP contribution in [0.15, 0.2) is 0 Å². The van der Waals surface area contributed by atoms with Crippen molar-refractivity contribution in [2.24, 2.45) is 17.1 Å². The molecule has 0 saturated carbocycles. The highest BCUT2D eigenvalue weighted by atomic mass is 35.5. The summed E-state index contributed by atoms with van der Waals surface area (Å²) in [6.45, 7) is 5.38. The molecule has 70 valence electrons. The zero-order valence-corrected chi connectivity index (χ0v) is 7.92. The van der Waals surface area contributed by atoms with Gasteiger partial charge in [0.15, 0.2) is 0 Å². The van der Waals surface area contributed by atoms with E-state index < -0.39 is 12.3 Å². The smallest absolute Gasteiger partial charge is 0.243 e. The molecule has 1 atom stereocenters. The Morgan fingerprint density at radius 2 is 1.64 bits per heavy atom. The van der Waals surface area contributed by atoms with E-state index in [0.29, 0.717) is 0 Å². The van der Waals surface area contributed by atoms with E-state index in [-0.39, 0.29) is 24.4 Å². The van der Waals surface area contributed by atoms with E-state index in [0.717, 1.165) is 0 Å². The van der Waals surface area contributed by atoms with Crippen LogP contribution in [0.25, 0.3) is 0 Å². The summed E-state index contributed by atoms with van der Waals surface area (Å²) >= 11 is 0. The molecule has 0 spiro atoms. The van der Waals surface area contributed by atoms with Gasteiger partial charge in [0.1, 0.15) is 0 Å². The van der Waals surface area contributed by atoms with Crippen molar-refractivity contribution in [3.63, 3.8) is 0 Å². The molecule has 0 aromatic heterocycles. The van der Waals surface area contributed by atoms with Crippen molar-refractivity contribution in [3.05, 3.63) is 0 Å². The minimum atomic E-state index is -2.30. The van der Waals surface area contributed by atoms with E-state index in [4.69, 9.17) is 5.73 Å². The predicted molar refractivity (Wildman–Crippen MR) is 45.3 cm³/mol. The highest BCUT2D eigenvalue weighted by molar-refractivity contribution is 5.85. The van der Waals surface area contributed by atoms with Crippen molar-refractivity contribution in [3.8, 4) is 0 Å². The van der Waals surface area contributed by atoms with Crippen LogP contribution in [-0.2, 0) is 0 Å². The van der Waals surface area contributed by atoms with Gasteiger partial charge in [0.05, 0.1) is 0 Å². The first-order valence-electron chi connectivity index (χ1n) is 3.37. The Morgan fingerprint density at radius 1 is 1.27 bits per heavy atom. The molecule has 4 heteroatoms. The van der Waals surface area contributed by atoms with Crippen LogP contribution >= 0.6 is 12.4 Å². The molecule has 0 amide bonds. The van der Waals surface area contributed by atoms with Crippen LogP contribution < -0.4 is 5.73 Å². The zero-order chi connectivity index (χ0) is 8.36. The van der Waals surface area contributed by atoms with Crippen molar-refractivity contribution in [2.75, 3.05) is 6.54 Å². The molecule has 0 aliphatic carbocycles. The third-order valence-electron chi connectivity index (χ3n) is 1.67. The lowest BCUT2D eigenvalue weighted by molar-refractivity contribution is 0.0216. The largest absolute Gasteiger partial charge is 0.330 e. The molecular formula is C7H16ClF2N. The third-order valence-corrected chi connectivity index (χ3v) is 1.67. The SMILES string of the molecule is CC(C)(C)C(CN)C(F)F.Cl. The van der Waals surface area contributed by atoms with Gasteiger partial charge in [-0.25, -0.2) is 8.78 Å². The Balaban J connectivity index is 0. The van der Waals surface area contributed by atoms with E-state index in [1.807, 2.05) is 0 Å². The average Bonchev–Trinajstić information content (AvgIpc) is 1.60. The third kappa shape index (κ3) is 4.53. The second-order valence-electron chi connectivity index (χ2n) is 3.54. The standard InChI is InChI=1S/C7H15F2N.ClH/c1-7(2,3)5(4-10)6(8)9;/h5-6H,4,10H2,1-3H3;1H. The van der Waals surface area contributed by atoms with Crippen LogP contribution in [0.2, 0.25) is 0 Å². The van der Waals surface area contributed by atoms with E-state index in [2.05, 4.69) is 0 Å². The first kappa shape index (κ1) is 13.7. The minimum Gasteiger partial charge on any atom is -0.330 e. The molecule has 0 rings (SSSR count). The number of halogens is 3. The summed E-state index contributed by atoms with van der Waals surface area (Å²) in [6, 6.07) is 0. The monoisotopic (exact) mass is 187 g/mol. The van der Waals surface area contributed by atoms with Crippen LogP contribution in [0.5, 0.6) is 0 Å². The quantitative estimate of drug-likeness (QED) is 0.706. The van der Waals surface area contributed by atoms with E-state index in [1.165, 1.54) is 0 Å². The van der Waals surface area contributed by atoms with Crippen LogP contribution in [0.4, 0.5) is 8.78 Å². The molecule has 0 radical (unpaired) electrons. The molecule has 0 aromatic carbocycles. The number of nitrogens with two attached hydrogens (primary N) is 1. The molecule has 0 fully saturated rings. The highest BCUT2D eigenvalue weighted by Crippen LogP contribution is 2.29. The summed E-state index contributed by atoms with van der Waals surface area (Å²) in [5.41, 5.74) is 4.79. The summed E-state index contributed by atoms with van der Waals surface area (Å²) in [4.78, 5) is 0. The van der Waals surface area contributed by atoms with Gasteiger partial charge in [-0.15, -0.1) is 12.4 Å². The van der Waals surface area contributed by atoms with Gasteiger partial charge >= 0.3 is 0 Å². The topological polar surface area (TPSA) is 26.0 Å². The van der Waals surface area contributed by atoms with E-state index >= 15 is 0 Å². The van der Waals surface area contributed by atoms with Crippen molar-refractivity contribution >= 4 is 12.4 Å². The number of hydrogen-bond acceptors (Lipinski definition) is 1. The summed E-state index contributed by atoms with van der Waals surface area (Å²) < 4.78 is 24.2. The lowest BCUT2D eigenvalue weighted by Gasteiger charge is -2.28. The Labute approximate surface area is 72.8 Å². The molecule has 0 bridgehead atoms. The second kappa shape index (κ2) is 4.88. The number of hydrogen-bond donors (Lipinski definition) is 1. The van der Waals surface area contributed by atoms with Gasteiger partial charge < -0.3 is 5.73 Å². The Kier molecular flexibility index (Phi) is 6.07. The predicted octanol–water partition coefficient (Wildman–Crippen LogP) is 2.29. The van der Waals surface area contributed by atoms with Gasteiger partial charge in [-0.1, -0.05) is 20.8 Å². The second-order valence-corrected chi connectivity index (χ2v) is 3.54. The van der Waals surface area contributed by atoms with Crippen LogP contribution in [-0.4, -0.2) is 13.0 Å². The van der Waals surface area contributed by atoms with Crippen molar-refractivity contribution in [1.29, 1.82) is 0 Å². The van der Waals surface area contributed by atoms with Gasteiger partial charge in [-0.2, -0.15) is 0 Å². The van der Waals surface area contributed by atoms with Crippen LogP contribution in [0.1, 0.15) is 20.8 Å². The molecule has 1 nitrogen and oxygen atoms in total. The van der Waals surface area contributed by atoms with E-state index in [9.17, 15) is 8.78 Å². The first-order valence-corrected chi connectivity index (χ1v) is 3.37. The molecule has 0 aromatic rings. The highest BCUT2D eigenvalue weighted by Gasteiger charge is 2.30. The Hall–Kier alpha value is 0.110. The first-order chi connectivity index (χ1) is 4.39. The maximum absolute atomic E-state index is 12.1. The summed E-state index contributed by atoms with van der Waals surface area (Å²) in [5.74, 6) is -0.688. The van der Waals surface area contributed by atoms with E-state index in [1.54, 1.807) is 20.8 Å². The number of rotatable bonds is 2. The Morgan fingerprint density at radius 3 is 1.64 bits per heavy atom. The molecule has 1 unspecified atom stereocenters. The maximum atomic E-state index is 12.1. The molecular weight excluding hydrogens is 172 g/mol. The maximum Gasteiger partial charge on any atom is 0.243 e. The Bertz CT molecular complexity index is 101. The normalized spacial score (nSPS) is 14.5. The van der Waals surface area contributed by atoms with Crippen molar-refractivity contribution in [1.82, 2.24) is 0 Å². The van der Waals surface area contributed by atoms with Gasteiger partial charge in [0, 0.05) is 12.5 Å². The molecule has 0 aliphatic heterocycles. The lowest BCUT2D eigenvalue weighted by Crippen LogP contribution is -2.33. The van der Waals surface area contributed by atoms with Crippen molar-refractivity contribution in [2.45, 2.75) is 27.2 Å². The minimum absolute atomic E-state index is 0. The van der Waals surface area contributed by atoms with Crippen LogP contribution in [0, 0.1) is 11.3 Å². The number of alkyl halides is 2. The van der Waals surface area contributed by atoms with Gasteiger partial charge in [-0.05, 0) is 5.41 Å². The molecule has 11 heavy (non-hydrogen) atoms. The molecule has 0 saturated heterocycles. The van der Waals surface area contributed by atoms with Gasteiger partial charge in [0.2, 0.25) is 6.43 Å². The lowest BCUT2D eigenvalue weighted by atomic mass is 9.81. The molecule has 2 N–H and O–H groups in total. The molecule has 0 heterocycles. The van der Waals surface area contributed by atoms with Gasteiger partial charge in [0.25, 0.3) is 0 Å². The fourth-order valence-electron chi connectivity index (χ4n) is 0.834. The average molecular weight is 188 g/mol. The van der Waals surface area contributed by atoms with Crippen LogP contribution in [0.3, 0.4) is 0 Å². The summed E-state index contributed by atoms with van der Waals surface area (Å²) in [7, 11) is 0. The fourth-order valence-corrected chi connectivity index (χ4v) is 0.834. The summed E-state index contributed by atoms with van der Waals surface area (Å²) in [6.07, 6.45) is -2.30.